The molecule has 0 spiro atoms. The summed E-state index contributed by atoms with van der Waals surface area (Å²) in [6.07, 6.45) is 26.6. The Morgan fingerprint density at radius 2 is 1.14 bits per heavy atom. The Morgan fingerprint density at radius 1 is 0.682 bits per heavy atom. The molecule has 0 fully saturated rings. The first kappa shape index (κ1) is 64.0. The number of allylic oxidation sites excluding steroid dienone is 2. The highest BCUT2D eigenvalue weighted by Crippen LogP contribution is 2.23. The first-order valence-corrected chi connectivity index (χ1v) is 26.0. The molecule has 0 aromatic heterocycles. The number of unbranched alkanes of at least 4 members (excludes halogenated alkanes) is 16. The van der Waals surface area contributed by atoms with Crippen LogP contribution in [0.25, 0.3) is 0 Å². The van der Waals surface area contributed by atoms with Crippen molar-refractivity contribution < 1.29 is 62.4 Å². The molecule has 8 N–H and O–H groups in total. The molecule has 0 aliphatic heterocycles. The zero-order chi connectivity index (χ0) is 49.9. The number of hydrogen-bond donors (Lipinski definition) is 5. The second-order valence-corrected chi connectivity index (χ2v) is 17.8. The third-order valence-corrected chi connectivity index (χ3v) is 11.1. The van der Waals surface area contributed by atoms with Gasteiger partial charge in [0.25, 0.3) is 0 Å². The monoisotopic (exact) mass is 954 g/mol. The molecule has 0 saturated carbocycles. The van der Waals surface area contributed by atoms with Crippen LogP contribution in [-0.2, 0) is 43.6 Å². The molecule has 16 heteroatoms. The average molecular weight is 954 g/mol. The van der Waals surface area contributed by atoms with E-state index in [1.807, 2.05) is 6.92 Å². The third kappa shape index (κ3) is 38.0. The number of carboxylic acid groups (broad SMARTS) is 1. The number of aryl methyl sites for hydroxylation is 1. The number of aliphatic hydroxyl groups is 1. The summed E-state index contributed by atoms with van der Waals surface area (Å²) in [4.78, 5) is 56.7. The molecule has 66 heavy (non-hydrogen) atoms. The predicted octanol–water partition coefficient (Wildman–Crippen LogP) is 8.87. The lowest BCUT2D eigenvalue weighted by molar-refractivity contribution is -0.368. The van der Waals surface area contributed by atoms with Gasteiger partial charge in [0.15, 0.2) is 0 Å². The molecular weight excluding hydrogens is 867 g/mol. The fourth-order valence-electron chi connectivity index (χ4n) is 6.27. The fraction of sp³-hybridized carbons (Fsp3) is 0.700. The number of carbonyl (C=O) groups is 5. The lowest BCUT2D eigenvalue weighted by atomic mass is 9.93. The van der Waals surface area contributed by atoms with E-state index in [4.69, 9.17) is 20.3 Å². The van der Waals surface area contributed by atoms with Crippen LogP contribution in [0.1, 0.15) is 193 Å². The van der Waals surface area contributed by atoms with Crippen LogP contribution in [-0.4, -0.2) is 85.5 Å². The van der Waals surface area contributed by atoms with Crippen LogP contribution in [0.15, 0.2) is 52.3 Å². The summed E-state index contributed by atoms with van der Waals surface area (Å²) in [7, 11) is -4.27. The summed E-state index contributed by atoms with van der Waals surface area (Å²) >= 11 is 0. The predicted molar refractivity (Wildman–Crippen MR) is 258 cm³/mol. The van der Waals surface area contributed by atoms with Gasteiger partial charge in [-0.2, -0.15) is 0 Å². The maximum atomic E-state index is 12.3. The second kappa shape index (κ2) is 43.5. The molecule has 15 nitrogen and oxygen atoms in total. The highest BCUT2D eigenvalue weighted by atomic mass is 32.2. The zero-order valence-corrected chi connectivity index (χ0v) is 41.8. The fourth-order valence-corrected chi connectivity index (χ4v) is 6.74. The van der Waals surface area contributed by atoms with E-state index in [-0.39, 0.29) is 46.7 Å². The Hall–Kier alpha value is -4.12. The Morgan fingerprint density at radius 3 is 1.56 bits per heavy atom. The number of esters is 2. The number of nitrogens with two attached hydrogens (primary N) is 1. The van der Waals surface area contributed by atoms with E-state index in [2.05, 4.69) is 31.8 Å². The number of aliphatic carboxylic acids is 1. The van der Waals surface area contributed by atoms with Crippen molar-refractivity contribution in [1.29, 1.82) is 0 Å². The quantitative estimate of drug-likeness (QED) is 0.0142. The molecule has 0 bridgehead atoms. The lowest BCUT2D eigenvalue weighted by Gasteiger charge is -2.17. The van der Waals surface area contributed by atoms with Crippen LogP contribution in [0.2, 0.25) is 0 Å². The topological polar surface area (TPSA) is 267 Å². The number of carbonyl (C=O) groups excluding carboxylic acids is 4. The van der Waals surface area contributed by atoms with Crippen molar-refractivity contribution in [3.63, 3.8) is 0 Å². The molecule has 0 heterocycles. The molecule has 380 valence electrons. The minimum Gasteiger partial charge on any atom is -0.744 e. The van der Waals surface area contributed by atoms with Crippen molar-refractivity contribution >= 4 is 39.6 Å². The van der Waals surface area contributed by atoms with Gasteiger partial charge in [-0.05, 0) is 64.1 Å². The van der Waals surface area contributed by atoms with E-state index in [1.54, 1.807) is 12.1 Å². The van der Waals surface area contributed by atoms with Crippen molar-refractivity contribution in [2.24, 2.45) is 5.73 Å². The number of hydrogen-bond acceptors (Lipinski definition) is 13. The Labute approximate surface area is 397 Å². The number of Topliss-reactive ketones (excluding diaryl/α,β-unsaturated/α-hetero) is 1. The van der Waals surface area contributed by atoms with Crippen LogP contribution in [0, 0.1) is 6.92 Å². The van der Waals surface area contributed by atoms with Crippen molar-refractivity contribution in [1.82, 2.24) is 5.32 Å². The average Bonchev–Trinajstić information content (AvgIpc) is 3.28. The number of ketones is 2. The highest BCUT2D eigenvalue weighted by molar-refractivity contribution is 7.85. The summed E-state index contributed by atoms with van der Waals surface area (Å²) in [5.41, 5.74) is 10.1. The van der Waals surface area contributed by atoms with E-state index in [0.717, 1.165) is 76.0 Å². The van der Waals surface area contributed by atoms with Crippen LogP contribution in [0.5, 0.6) is 0 Å². The molecule has 1 aliphatic carbocycles. The largest absolute Gasteiger partial charge is 0.744 e. The normalized spacial score (nSPS) is 12.1. The number of aliphatic hydroxyl groups excluding tert-OH is 1. The molecule has 0 saturated heterocycles. The van der Waals surface area contributed by atoms with Gasteiger partial charge in [0.2, 0.25) is 11.6 Å². The van der Waals surface area contributed by atoms with E-state index in [1.165, 1.54) is 82.8 Å². The molecule has 2 rings (SSSR count). The molecular formula is C50H87N3O12S. The van der Waals surface area contributed by atoms with Crippen molar-refractivity contribution in [3.8, 4) is 0 Å². The Bertz CT molecular complexity index is 1630. The number of nitrogens with one attached hydrogen (secondary N) is 1. The van der Waals surface area contributed by atoms with Gasteiger partial charge < -0.3 is 41.0 Å². The summed E-state index contributed by atoms with van der Waals surface area (Å²) in [5.74, 6) is -2.41. The zero-order valence-electron chi connectivity index (χ0n) is 41.0. The molecule has 1 aliphatic rings. The molecule has 1 aromatic carbocycles. The van der Waals surface area contributed by atoms with Crippen LogP contribution < -0.4 is 16.8 Å². The number of ether oxygens (including phenoxy) is 2. The number of benzene rings is 1. The van der Waals surface area contributed by atoms with Crippen LogP contribution in [0.3, 0.4) is 0 Å². The Kier molecular flexibility index (Phi) is 42.1. The first-order chi connectivity index (χ1) is 31.6. The van der Waals surface area contributed by atoms with Crippen LogP contribution in [0.4, 0.5) is 0 Å². The summed E-state index contributed by atoms with van der Waals surface area (Å²) in [6.45, 7) is 11.1. The highest BCUT2D eigenvalue weighted by Gasteiger charge is 2.28. The van der Waals surface area contributed by atoms with Crippen molar-refractivity contribution in [2.75, 3.05) is 32.8 Å². The van der Waals surface area contributed by atoms with Gasteiger partial charge in [-0.15, -0.1) is 0 Å². The molecule has 0 amide bonds. The second-order valence-electron chi connectivity index (χ2n) is 16.5. The maximum Gasteiger partial charge on any atom is 0.306 e. The standard InChI is InChI=1S/C29H49NO5.C10H21NO2.C7H8O3S.C4H9NO2/c1-3-5-7-9-10-11-12-13-14-15-16-19-24-28(33)25(23-26(31)29(24)34)30-21-18-20-27(32)35-22-17-8-6-4-2;1-2-3-4-5-9-13-10(12)7-6-8-11;1-6-2-4-7(5-3-6)11(8,9)10;5-3-1-2-4(6)7/h23,30,33H,3-22H2,1-2H3;2-9,11H2,1H3;2-5H,1H3,(H,8,9,10);1-3,5H2,(H,6,7). The summed E-state index contributed by atoms with van der Waals surface area (Å²) in [6, 6.07) is 5.78. The van der Waals surface area contributed by atoms with E-state index >= 15 is 0 Å². The van der Waals surface area contributed by atoms with Gasteiger partial charge >= 0.3 is 17.9 Å². The maximum absolute atomic E-state index is 12.3. The van der Waals surface area contributed by atoms with Gasteiger partial charge in [-0.25, -0.2) is 8.42 Å². The van der Waals surface area contributed by atoms with Gasteiger partial charge in [0, 0.05) is 37.5 Å². The number of rotatable bonds is 34. The van der Waals surface area contributed by atoms with Gasteiger partial charge in [0.1, 0.15) is 15.9 Å². The van der Waals surface area contributed by atoms with Gasteiger partial charge in [0.05, 0.1) is 36.8 Å². The van der Waals surface area contributed by atoms with Crippen molar-refractivity contribution in [2.45, 2.75) is 200 Å². The lowest BCUT2D eigenvalue weighted by Crippen LogP contribution is -2.50. The summed E-state index contributed by atoms with van der Waals surface area (Å²) in [5, 5.41) is 21.6. The van der Waals surface area contributed by atoms with E-state index < -0.39 is 27.7 Å². The molecule has 0 atom stereocenters. The molecule has 0 unspecified atom stereocenters. The minimum absolute atomic E-state index is 0.0693. The van der Waals surface area contributed by atoms with E-state index in [0.29, 0.717) is 52.0 Å². The SMILES string of the molecule is CCCCCCCCCCCCCC1=C(O)C(NCCCC(=O)OCCCCCC)=CC(=O)C1=O.CCCCCCOC(=O)CCC[NH3+].Cc1ccc(S(=O)(=O)[O-])cc1.NCCCC(=O)O. The number of quaternary nitrogens is 1. The first-order valence-electron chi connectivity index (χ1n) is 24.6. The Balaban J connectivity index is 0. The minimum atomic E-state index is -4.27. The van der Waals surface area contributed by atoms with Gasteiger partial charge in [-0.3, -0.25) is 24.0 Å². The number of carboxylic acids is 1. The summed E-state index contributed by atoms with van der Waals surface area (Å²) < 4.78 is 41.4. The van der Waals surface area contributed by atoms with Crippen LogP contribution >= 0.6 is 0 Å². The molecule has 1 aromatic rings. The molecule has 0 radical (unpaired) electrons. The third-order valence-electron chi connectivity index (χ3n) is 10.3. The van der Waals surface area contributed by atoms with Crippen molar-refractivity contribution in [3.05, 3.63) is 52.9 Å². The smallest absolute Gasteiger partial charge is 0.306 e. The van der Waals surface area contributed by atoms with E-state index in [9.17, 15) is 42.0 Å². The van der Waals surface area contributed by atoms with Gasteiger partial charge in [-0.1, -0.05) is 141 Å².